The Hall–Kier alpha value is -2.50. The molecule has 0 aliphatic carbocycles. The molecule has 0 unspecified atom stereocenters. The molecule has 6 nitrogen and oxygen atoms in total. The maximum Gasteiger partial charge on any atom is 0.417 e. The molecular weight excluding hydrogens is 220 g/mol. The van der Waals surface area contributed by atoms with Crippen LogP contribution in [-0.4, -0.2) is 14.8 Å². The van der Waals surface area contributed by atoms with Crippen molar-refractivity contribution in [3.63, 3.8) is 0 Å². The summed E-state index contributed by atoms with van der Waals surface area (Å²) in [5.74, 6) is 0.0643. The van der Waals surface area contributed by atoms with Crippen molar-refractivity contribution in [1.29, 1.82) is 0 Å². The van der Waals surface area contributed by atoms with Crippen LogP contribution in [0.5, 0.6) is 0 Å². The van der Waals surface area contributed by atoms with Crippen LogP contribution >= 0.6 is 0 Å². The van der Waals surface area contributed by atoms with Crippen LogP contribution in [0.3, 0.4) is 0 Å². The van der Waals surface area contributed by atoms with Crippen LogP contribution in [0, 0.1) is 0 Å². The molecule has 17 heavy (non-hydrogen) atoms. The minimum atomic E-state index is -0.477. The summed E-state index contributed by atoms with van der Waals surface area (Å²) >= 11 is 0. The molecule has 0 aliphatic rings. The van der Waals surface area contributed by atoms with E-state index in [1.165, 1.54) is 0 Å². The van der Waals surface area contributed by atoms with Crippen molar-refractivity contribution in [2.45, 2.75) is 0 Å². The number of aryl methyl sites for hydroxylation is 1. The van der Waals surface area contributed by atoms with Gasteiger partial charge < -0.3 is 10.2 Å². The fourth-order valence-electron chi connectivity index (χ4n) is 1.85. The van der Waals surface area contributed by atoms with Crippen molar-refractivity contribution >= 4 is 16.9 Å². The maximum atomic E-state index is 11.2. The maximum absolute atomic E-state index is 11.2. The van der Waals surface area contributed by atoms with Gasteiger partial charge in [-0.1, -0.05) is 12.1 Å². The van der Waals surface area contributed by atoms with Crippen LogP contribution in [0.2, 0.25) is 0 Å². The molecule has 1 aromatic carbocycles. The molecule has 3 rings (SSSR count). The van der Waals surface area contributed by atoms with E-state index in [1.54, 1.807) is 30.1 Å². The van der Waals surface area contributed by atoms with Gasteiger partial charge in [0.2, 0.25) is 0 Å². The molecule has 6 heteroatoms. The van der Waals surface area contributed by atoms with Crippen LogP contribution in [0.15, 0.2) is 33.6 Å². The van der Waals surface area contributed by atoms with E-state index < -0.39 is 5.76 Å². The Morgan fingerprint density at radius 3 is 2.94 bits per heavy atom. The summed E-state index contributed by atoms with van der Waals surface area (Å²) in [7, 11) is 1.76. The highest BCUT2D eigenvalue weighted by Gasteiger charge is 2.13. The van der Waals surface area contributed by atoms with Crippen molar-refractivity contribution in [3.8, 4) is 11.1 Å². The molecule has 3 N–H and O–H groups in total. The summed E-state index contributed by atoms with van der Waals surface area (Å²) in [5.41, 5.74) is 8.63. The van der Waals surface area contributed by atoms with Gasteiger partial charge in [0.1, 0.15) is 5.82 Å². The fraction of sp³-hybridized carbons (Fsp3) is 0.0909. The average molecular weight is 230 g/mol. The smallest absolute Gasteiger partial charge is 0.408 e. The number of aromatic nitrogens is 3. The predicted molar refractivity (Wildman–Crippen MR) is 63.4 cm³/mol. The van der Waals surface area contributed by atoms with E-state index in [2.05, 4.69) is 10.1 Å². The number of rotatable bonds is 1. The summed E-state index contributed by atoms with van der Waals surface area (Å²) in [5, 5.41) is 4.08. The van der Waals surface area contributed by atoms with Crippen molar-refractivity contribution in [2.24, 2.45) is 7.05 Å². The number of aromatic amines is 1. The predicted octanol–water partition coefficient (Wildman–Crippen LogP) is 1.10. The first-order valence-corrected chi connectivity index (χ1v) is 5.06. The molecule has 0 atom stereocenters. The van der Waals surface area contributed by atoms with E-state index in [0.717, 1.165) is 11.1 Å². The second kappa shape index (κ2) is 3.24. The van der Waals surface area contributed by atoms with Crippen molar-refractivity contribution in [2.75, 3.05) is 5.73 Å². The molecule has 0 fully saturated rings. The molecule has 0 radical (unpaired) electrons. The van der Waals surface area contributed by atoms with Gasteiger partial charge in [-0.3, -0.25) is 9.67 Å². The number of anilines is 1. The van der Waals surface area contributed by atoms with Crippen molar-refractivity contribution in [3.05, 3.63) is 34.9 Å². The molecular formula is C11H10N4O2. The topological polar surface area (TPSA) is 89.8 Å². The van der Waals surface area contributed by atoms with Gasteiger partial charge >= 0.3 is 5.76 Å². The molecule has 0 saturated heterocycles. The quantitative estimate of drug-likeness (QED) is 0.655. The van der Waals surface area contributed by atoms with Gasteiger partial charge in [0.05, 0.1) is 11.7 Å². The van der Waals surface area contributed by atoms with Crippen LogP contribution in [0.25, 0.3) is 22.2 Å². The standard InChI is InChI=1S/C11H10N4O2/c1-15-10(12)7(5-13-15)6-3-2-4-8-9(6)14-11(16)17-8/h2-5H,12H2,1H3,(H,14,16). The molecule has 0 spiro atoms. The second-order valence-corrected chi connectivity index (χ2v) is 3.76. The molecule has 2 aromatic heterocycles. The summed E-state index contributed by atoms with van der Waals surface area (Å²) < 4.78 is 6.57. The SMILES string of the molecule is Cn1ncc(-c2cccc3oc(=O)[nH]c23)c1N. The van der Waals surface area contributed by atoms with E-state index in [4.69, 9.17) is 10.2 Å². The monoisotopic (exact) mass is 230 g/mol. The van der Waals surface area contributed by atoms with E-state index in [-0.39, 0.29) is 0 Å². The zero-order valence-corrected chi connectivity index (χ0v) is 9.10. The third-order valence-corrected chi connectivity index (χ3v) is 2.73. The Kier molecular flexibility index (Phi) is 1.85. The molecule has 0 saturated carbocycles. The number of nitrogens with two attached hydrogens (primary N) is 1. The number of fused-ring (bicyclic) bond motifs is 1. The average Bonchev–Trinajstić information content (AvgIpc) is 2.82. The number of nitrogen functional groups attached to an aromatic ring is 1. The van der Waals surface area contributed by atoms with Crippen LogP contribution < -0.4 is 11.5 Å². The van der Waals surface area contributed by atoms with E-state index in [1.807, 2.05) is 6.07 Å². The first-order valence-electron chi connectivity index (χ1n) is 5.06. The number of H-pyrrole nitrogens is 1. The van der Waals surface area contributed by atoms with Crippen LogP contribution in [-0.2, 0) is 7.05 Å². The zero-order chi connectivity index (χ0) is 12.0. The van der Waals surface area contributed by atoms with E-state index >= 15 is 0 Å². The van der Waals surface area contributed by atoms with Gasteiger partial charge in [-0.25, -0.2) is 4.79 Å². The highest BCUT2D eigenvalue weighted by molar-refractivity contribution is 5.93. The van der Waals surface area contributed by atoms with Gasteiger partial charge in [-0.15, -0.1) is 0 Å². The van der Waals surface area contributed by atoms with Crippen molar-refractivity contribution < 1.29 is 4.42 Å². The van der Waals surface area contributed by atoms with Gasteiger partial charge in [0, 0.05) is 18.2 Å². The van der Waals surface area contributed by atoms with E-state index in [0.29, 0.717) is 16.9 Å². The number of nitrogens with one attached hydrogen (secondary N) is 1. The largest absolute Gasteiger partial charge is 0.417 e. The summed E-state index contributed by atoms with van der Waals surface area (Å²) in [6.07, 6.45) is 1.66. The van der Waals surface area contributed by atoms with Crippen LogP contribution in [0.1, 0.15) is 0 Å². The van der Waals surface area contributed by atoms with Gasteiger partial charge in [0.25, 0.3) is 0 Å². The van der Waals surface area contributed by atoms with Gasteiger partial charge in [-0.05, 0) is 6.07 Å². The minimum Gasteiger partial charge on any atom is -0.408 e. The lowest BCUT2D eigenvalue weighted by Crippen LogP contribution is -1.98. The first-order chi connectivity index (χ1) is 8.16. The second-order valence-electron chi connectivity index (χ2n) is 3.76. The van der Waals surface area contributed by atoms with Gasteiger partial charge in [-0.2, -0.15) is 5.10 Å². The Morgan fingerprint density at radius 2 is 2.24 bits per heavy atom. The van der Waals surface area contributed by atoms with Crippen molar-refractivity contribution in [1.82, 2.24) is 14.8 Å². The molecule has 3 aromatic rings. The Balaban J connectivity index is 2.37. The Morgan fingerprint density at radius 1 is 1.41 bits per heavy atom. The molecule has 2 heterocycles. The molecule has 0 aliphatic heterocycles. The summed E-state index contributed by atoms with van der Waals surface area (Å²) in [4.78, 5) is 13.8. The minimum absolute atomic E-state index is 0.477. The third kappa shape index (κ3) is 1.34. The molecule has 86 valence electrons. The summed E-state index contributed by atoms with van der Waals surface area (Å²) in [6.45, 7) is 0. The normalized spacial score (nSPS) is 11.1. The fourth-order valence-corrected chi connectivity index (χ4v) is 1.85. The first kappa shape index (κ1) is 9.71. The lowest BCUT2D eigenvalue weighted by molar-refractivity contribution is 0.555. The number of nitrogens with zero attached hydrogens (tertiary/aromatic N) is 2. The number of hydrogen-bond acceptors (Lipinski definition) is 4. The molecule has 0 bridgehead atoms. The Bertz CT molecular complexity index is 750. The highest BCUT2D eigenvalue weighted by atomic mass is 16.4. The lowest BCUT2D eigenvalue weighted by Gasteiger charge is -2.01. The number of oxazole rings is 1. The zero-order valence-electron chi connectivity index (χ0n) is 9.10. The van der Waals surface area contributed by atoms with Crippen LogP contribution in [0.4, 0.5) is 5.82 Å². The van der Waals surface area contributed by atoms with Gasteiger partial charge in [0.15, 0.2) is 5.58 Å². The third-order valence-electron chi connectivity index (χ3n) is 2.73. The van der Waals surface area contributed by atoms with E-state index in [9.17, 15) is 4.79 Å². The molecule has 0 amide bonds. The number of benzene rings is 1. The lowest BCUT2D eigenvalue weighted by atomic mass is 10.1. The Labute approximate surface area is 95.7 Å². The number of hydrogen-bond donors (Lipinski definition) is 2. The summed E-state index contributed by atoms with van der Waals surface area (Å²) in [6, 6.07) is 5.39. The highest BCUT2D eigenvalue weighted by Crippen LogP contribution is 2.30. The number of para-hydroxylation sites is 1.